The lowest BCUT2D eigenvalue weighted by Gasteiger charge is -2.23. The highest BCUT2D eigenvalue weighted by Gasteiger charge is 2.33. The van der Waals surface area contributed by atoms with Gasteiger partial charge in [-0.2, -0.15) is 0 Å². The second kappa shape index (κ2) is 10.4. The SMILES string of the molecule is CCOC(=O)C1=C(C)N=c2s/c(=C/c3cc(Br)c(Sc4nc(C)cc(=O)[nH]4)o3)c(=O)n2[C@H]1c1cccs1. The third-order valence-corrected chi connectivity index (χ3v) is 8.95. The molecule has 4 aromatic heterocycles. The molecule has 0 aliphatic carbocycles. The molecule has 9 nitrogen and oxygen atoms in total. The Labute approximate surface area is 230 Å². The average Bonchev–Trinajstić information content (AvgIpc) is 3.54. The molecule has 1 N–H and O–H groups in total. The molecule has 0 saturated heterocycles. The number of fused-ring (bicyclic) bond motifs is 1. The lowest BCUT2D eigenvalue weighted by Crippen LogP contribution is -2.39. The molecule has 1 aliphatic rings. The molecule has 37 heavy (non-hydrogen) atoms. The summed E-state index contributed by atoms with van der Waals surface area (Å²) in [6.07, 6.45) is 1.64. The second-order valence-electron chi connectivity index (χ2n) is 7.90. The molecular formula is C24H19BrN4O5S3. The van der Waals surface area contributed by atoms with Crippen LogP contribution in [0.2, 0.25) is 0 Å². The van der Waals surface area contributed by atoms with Gasteiger partial charge in [-0.15, -0.1) is 11.3 Å². The highest BCUT2D eigenvalue weighted by atomic mass is 79.9. The van der Waals surface area contributed by atoms with Gasteiger partial charge in [-0.1, -0.05) is 17.4 Å². The maximum atomic E-state index is 13.6. The molecule has 0 spiro atoms. The summed E-state index contributed by atoms with van der Waals surface area (Å²) in [4.78, 5) is 51.1. The first-order valence-corrected chi connectivity index (χ1v) is 14.3. The molecule has 1 atom stereocenters. The highest BCUT2D eigenvalue weighted by molar-refractivity contribution is 9.10. The van der Waals surface area contributed by atoms with Gasteiger partial charge >= 0.3 is 5.97 Å². The van der Waals surface area contributed by atoms with Crippen molar-refractivity contribution in [3.05, 3.63) is 91.8 Å². The van der Waals surface area contributed by atoms with Crippen molar-refractivity contribution in [1.29, 1.82) is 0 Å². The second-order valence-corrected chi connectivity index (χ2v) is 11.7. The van der Waals surface area contributed by atoms with Crippen LogP contribution in [0.25, 0.3) is 6.08 Å². The van der Waals surface area contributed by atoms with Gasteiger partial charge in [0.05, 0.1) is 26.9 Å². The Balaban J connectivity index is 1.58. The van der Waals surface area contributed by atoms with Crippen molar-refractivity contribution in [2.24, 2.45) is 4.99 Å². The van der Waals surface area contributed by atoms with Crippen LogP contribution in [0.15, 0.2) is 74.6 Å². The van der Waals surface area contributed by atoms with E-state index < -0.39 is 12.0 Å². The van der Waals surface area contributed by atoms with Gasteiger partial charge in [-0.3, -0.25) is 14.2 Å². The fraction of sp³-hybridized carbons (Fsp3) is 0.208. The first kappa shape index (κ1) is 25.6. The van der Waals surface area contributed by atoms with Gasteiger partial charge in [0.1, 0.15) is 11.8 Å². The van der Waals surface area contributed by atoms with Crippen molar-refractivity contribution in [3.63, 3.8) is 0 Å². The van der Waals surface area contributed by atoms with Crippen LogP contribution in [-0.4, -0.2) is 27.1 Å². The van der Waals surface area contributed by atoms with Gasteiger partial charge in [-0.25, -0.2) is 14.8 Å². The smallest absolute Gasteiger partial charge is 0.338 e. The molecule has 5 heterocycles. The van der Waals surface area contributed by atoms with E-state index in [0.717, 1.165) is 16.6 Å². The predicted molar refractivity (Wildman–Crippen MR) is 145 cm³/mol. The zero-order chi connectivity index (χ0) is 26.3. The quantitative estimate of drug-likeness (QED) is 0.258. The highest BCUT2D eigenvalue weighted by Crippen LogP contribution is 2.35. The Kier molecular flexibility index (Phi) is 7.21. The van der Waals surface area contributed by atoms with Crippen LogP contribution in [0.4, 0.5) is 0 Å². The normalized spacial score (nSPS) is 15.6. The molecule has 1 aliphatic heterocycles. The Hall–Kier alpha value is -3.00. The number of thiophene rings is 1. The van der Waals surface area contributed by atoms with E-state index in [1.807, 2.05) is 17.5 Å². The number of thiazole rings is 1. The number of halogens is 1. The van der Waals surface area contributed by atoms with Crippen LogP contribution >= 0.6 is 50.4 Å². The average molecular weight is 620 g/mol. The van der Waals surface area contributed by atoms with E-state index in [-0.39, 0.29) is 17.7 Å². The zero-order valence-electron chi connectivity index (χ0n) is 19.7. The van der Waals surface area contributed by atoms with E-state index in [1.165, 1.54) is 33.3 Å². The standard InChI is InChI=1S/C24H19BrN4O5S3/c1-4-33-21(32)18-12(3)27-24-29(19(18)15-6-5-7-35-15)20(31)16(36-24)10-13-9-14(25)22(34-13)37-23-26-11(2)8-17(30)28-23/h5-10,19H,4H2,1-3H3,(H,26,28,30)/b16-10+/t19-/m0/s1. The van der Waals surface area contributed by atoms with Gasteiger partial charge < -0.3 is 14.1 Å². The van der Waals surface area contributed by atoms with E-state index in [2.05, 4.69) is 30.9 Å². The number of esters is 1. The van der Waals surface area contributed by atoms with Crippen LogP contribution < -0.4 is 20.5 Å². The Morgan fingerprint density at radius 1 is 1.35 bits per heavy atom. The summed E-state index contributed by atoms with van der Waals surface area (Å²) in [7, 11) is 0. The number of nitrogens with zero attached hydrogens (tertiary/aromatic N) is 3. The van der Waals surface area contributed by atoms with Crippen LogP contribution in [0.3, 0.4) is 0 Å². The fourth-order valence-corrected chi connectivity index (χ4v) is 7.05. The number of carbonyl (C=O) groups is 1. The van der Waals surface area contributed by atoms with Gasteiger partial charge in [0, 0.05) is 22.7 Å². The Morgan fingerprint density at radius 2 is 2.16 bits per heavy atom. The van der Waals surface area contributed by atoms with E-state index in [9.17, 15) is 14.4 Å². The number of aromatic nitrogens is 3. The number of hydrogen-bond donors (Lipinski definition) is 1. The summed E-state index contributed by atoms with van der Waals surface area (Å²) in [6.45, 7) is 5.45. The molecule has 190 valence electrons. The molecule has 5 rings (SSSR count). The van der Waals surface area contributed by atoms with Crippen molar-refractivity contribution < 1.29 is 13.9 Å². The van der Waals surface area contributed by atoms with Crippen LogP contribution in [0.1, 0.15) is 36.2 Å². The topological polar surface area (TPSA) is 120 Å². The number of aryl methyl sites for hydroxylation is 1. The summed E-state index contributed by atoms with van der Waals surface area (Å²) < 4.78 is 13.8. The zero-order valence-corrected chi connectivity index (χ0v) is 23.8. The summed E-state index contributed by atoms with van der Waals surface area (Å²) >= 11 is 7.30. The van der Waals surface area contributed by atoms with Crippen molar-refractivity contribution in [1.82, 2.24) is 14.5 Å². The molecule has 0 bridgehead atoms. The predicted octanol–water partition coefficient (Wildman–Crippen LogP) is 3.76. The number of rotatable bonds is 6. The molecule has 0 unspecified atom stereocenters. The maximum Gasteiger partial charge on any atom is 0.338 e. The van der Waals surface area contributed by atoms with Crippen LogP contribution in [0, 0.1) is 6.92 Å². The number of H-pyrrole nitrogens is 1. The third-order valence-electron chi connectivity index (χ3n) is 5.31. The van der Waals surface area contributed by atoms with Crippen LogP contribution in [0.5, 0.6) is 0 Å². The molecular weight excluding hydrogens is 600 g/mol. The number of aromatic amines is 1. The van der Waals surface area contributed by atoms with Gasteiger partial charge in [0.2, 0.25) is 0 Å². The van der Waals surface area contributed by atoms with Crippen molar-refractivity contribution in [3.8, 4) is 0 Å². The molecule has 0 aromatic carbocycles. The number of allylic oxidation sites excluding steroid dienone is 1. The summed E-state index contributed by atoms with van der Waals surface area (Å²) in [5.74, 6) is -0.0560. The van der Waals surface area contributed by atoms with Gasteiger partial charge in [0.25, 0.3) is 11.1 Å². The minimum atomic E-state index is -0.629. The fourth-order valence-electron chi connectivity index (χ4n) is 3.83. The monoisotopic (exact) mass is 618 g/mol. The Bertz CT molecular complexity index is 1780. The molecule has 0 saturated carbocycles. The molecule has 0 fully saturated rings. The number of ether oxygens (including phenoxy) is 1. The minimum Gasteiger partial charge on any atom is -0.463 e. The maximum absolute atomic E-state index is 13.6. The van der Waals surface area contributed by atoms with Gasteiger partial charge in [0.15, 0.2) is 15.1 Å². The molecule has 0 radical (unpaired) electrons. The first-order valence-electron chi connectivity index (χ1n) is 11.0. The lowest BCUT2D eigenvalue weighted by atomic mass is 10.0. The summed E-state index contributed by atoms with van der Waals surface area (Å²) in [6, 6.07) is 6.28. The lowest BCUT2D eigenvalue weighted by molar-refractivity contribution is -0.139. The third kappa shape index (κ3) is 5.08. The van der Waals surface area contributed by atoms with E-state index in [0.29, 0.717) is 46.8 Å². The van der Waals surface area contributed by atoms with Crippen molar-refractivity contribution in [2.45, 2.75) is 37.1 Å². The Morgan fingerprint density at radius 3 is 2.86 bits per heavy atom. The van der Waals surface area contributed by atoms with E-state index in [1.54, 1.807) is 32.9 Å². The van der Waals surface area contributed by atoms with E-state index in [4.69, 9.17) is 9.15 Å². The first-order chi connectivity index (χ1) is 17.7. The molecule has 4 aromatic rings. The largest absolute Gasteiger partial charge is 0.463 e. The summed E-state index contributed by atoms with van der Waals surface area (Å²) in [5, 5.41) is 2.77. The number of furan rings is 1. The van der Waals surface area contributed by atoms with Crippen molar-refractivity contribution >= 4 is 62.4 Å². The van der Waals surface area contributed by atoms with Gasteiger partial charge in [-0.05, 0) is 66.0 Å². The molecule has 13 heteroatoms. The number of nitrogens with one attached hydrogen (secondary N) is 1. The van der Waals surface area contributed by atoms with Crippen LogP contribution in [-0.2, 0) is 9.53 Å². The number of carbonyl (C=O) groups excluding carboxylic acids is 1. The number of hydrogen-bond acceptors (Lipinski definition) is 10. The minimum absolute atomic E-state index is 0.219. The summed E-state index contributed by atoms with van der Waals surface area (Å²) in [5.41, 5.74) is 0.915. The van der Waals surface area contributed by atoms with Crippen molar-refractivity contribution in [2.75, 3.05) is 6.61 Å². The molecule has 0 amide bonds. The van der Waals surface area contributed by atoms with E-state index >= 15 is 0 Å².